The second-order valence-corrected chi connectivity index (χ2v) is 7.80. The van der Waals surface area contributed by atoms with E-state index in [2.05, 4.69) is 20.7 Å². The lowest BCUT2D eigenvalue weighted by Gasteiger charge is -2.06. The molecular weight excluding hydrogens is 312 g/mol. The Labute approximate surface area is 107 Å². The maximum absolute atomic E-state index is 11.4. The fraction of sp³-hybridized carbons (Fsp3) is 0.444. The summed E-state index contributed by atoms with van der Waals surface area (Å²) in [6, 6.07) is 5.57. The Balaban J connectivity index is 2.45. The van der Waals surface area contributed by atoms with Crippen LogP contribution in [0.2, 0.25) is 0 Å². The van der Waals surface area contributed by atoms with Crippen molar-refractivity contribution in [3.63, 3.8) is 0 Å². The minimum absolute atomic E-state index is 0.321. The number of nitrogens with one attached hydrogen (secondary N) is 1. The van der Waals surface area contributed by atoms with E-state index in [4.69, 9.17) is 5.26 Å². The van der Waals surface area contributed by atoms with Crippen molar-refractivity contribution in [2.24, 2.45) is 0 Å². The fourth-order valence-electron chi connectivity index (χ4n) is 0.997. The first kappa shape index (κ1) is 13.6. The van der Waals surface area contributed by atoms with Gasteiger partial charge >= 0.3 is 0 Å². The minimum atomic E-state index is -3.49. The van der Waals surface area contributed by atoms with E-state index in [1.807, 2.05) is 12.1 Å². The third-order valence-electron chi connectivity index (χ3n) is 1.95. The van der Waals surface area contributed by atoms with Gasteiger partial charge in [-0.15, -0.1) is 11.3 Å². The van der Waals surface area contributed by atoms with E-state index in [-0.39, 0.29) is 0 Å². The highest BCUT2D eigenvalue weighted by Crippen LogP contribution is 2.22. The second kappa shape index (κ2) is 5.77. The number of nitriles is 1. The predicted octanol–water partition coefficient (Wildman–Crippen LogP) is 1.88. The summed E-state index contributed by atoms with van der Waals surface area (Å²) in [6.45, 7) is 1.69. The van der Waals surface area contributed by atoms with Crippen LogP contribution in [0, 0.1) is 11.3 Å². The summed E-state index contributed by atoms with van der Waals surface area (Å²) in [7, 11) is -3.49. The van der Waals surface area contributed by atoms with E-state index in [0.29, 0.717) is 13.0 Å². The Morgan fingerprint density at radius 1 is 1.62 bits per heavy atom. The first-order valence-corrected chi connectivity index (χ1v) is 7.73. The normalized spacial score (nSPS) is 13.3. The van der Waals surface area contributed by atoms with Gasteiger partial charge in [0.25, 0.3) is 0 Å². The minimum Gasteiger partial charge on any atom is -0.214 e. The molecule has 0 bridgehead atoms. The second-order valence-electron chi connectivity index (χ2n) is 3.17. The van der Waals surface area contributed by atoms with Gasteiger partial charge in [-0.2, -0.15) is 5.26 Å². The van der Waals surface area contributed by atoms with Gasteiger partial charge < -0.3 is 0 Å². The Morgan fingerprint density at radius 2 is 2.31 bits per heavy atom. The molecule has 0 radical (unpaired) electrons. The molecule has 1 heterocycles. The standard InChI is InChI=1S/C9H11BrN2O2S2/c1-7(6-11)16(13,14)12-5-4-8-2-3-9(10)15-8/h2-3,7,12H,4-5H2,1H3. The maximum atomic E-state index is 11.4. The zero-order chi connectivity index (χ0) is 12.2. The number of hydrogen-bond acceptors (Lipinski definition) is 4. The first-order valence-electron chi connectivity index (χ1n) is 4.58. The van der Waals surface area contributed by atoms with Gasteiger partial charge in [0.1, 0.15) is 0 Å². The molecule has 16 heavy (non-hydrogen) atoms. The lowest BCUT2D eigenvalue weighted by molar-refractivity contribution is 0.577. The number of rotatable bonds is 5. The quantitative estimate of drug-likeness (QED) is 0.899. The highest BCUT2D eigenvalue weighted by atomic mass is 79.9. The molecule has 0 aromatic carbocycles. The largest absolute Gasteiger partial charge is 0.227 e. The van der Waals surface area contributed by atoms with Crippen LogP contribution in [0.3, 0.4) is 0 Å². The monoisotopic (exact) mass is 322 g/mol. The molecule has 88 valence electrons. The van der Waals surface area contributed by atoms with Crippen LogP contribution < -0.4 is 4.72 Å². The predicted molar refractivity (Wildman–Crippen MR) is 67.7 cm³/mol. The SMILES string of the molecule is CC(C#N)S(=O)(=O)NCCc1ccc(Br)s1. The molecule has 0 amide bonds. The van der Waals surface area contributed by atoms with Crippen molar-refractivity contribution in [1.29, 1.82) is 5.26 Å². The van der Waals surface area contributed by atoms with E-state index < -0.39 is 15.3 Å². The Morgan fingerprint density at radius 3 is 2.81 bits per heavy atom. The van der Waals surface area contributed by atoms with E-state index in [9.17, 15) is 8.42 Å². The van der Waals surface area contributed by atoms with Gasteiger partial charge in [0.15, 0.2) is 5.25 Å². The molecule has 1 atom stereocenters. The van der Waals surface area contributed by atoms with E-state index in [0.717, 1.165) is 8.66 Å². The van der Waals surface area contributed by atoms with Gasteiger partial charge in [-0.05, 0) is 41.4 Å². The van der Waals surface area contributed by atoms with Crippen LogP contribution in [0.4, 0.5) is 0 Å². The van der Waals surface area contributed by atoms with Crippen LogP contribution >= 0.6 is 27.3 Å². The molecule has 0 saturated carbocycles. The summed E-state index contributed by atoms with van der Waals surface area (Å²) < 4.78 is 26.3. The molecule has 0 aliphatic rings. The lowest BCUT2D eigenvalue weighted by atomic mass is 10.3. The van der Waals surface area contributed by atoms with E-state index >= 15 is 0 Å². The Hall–Kier alpha value is -0.420. The number of halogens is 1. The summed E-state index contributed by atoms with van der Waals surface area (Å²) in [4.78, 5) is 1.10. The fourth-order valence-corrected chi connectivity index (χ4v) is 3.26. The average molecular weight is 323 g/mol. The molecule has 7 heteroatoms. The van der Waals surface area contributed by atoms with Crippen molar-refractivity contribution in [2.45, 2.75) is 18.6 Å². The maximum Gasteiger partial charge on any atom is 0.227 e. The number of hydrogen-bond donors (Lipinski definition) is 1. The van der Waals surface area contributed by atoms with Crippen LogP contribution in [0.25, 0.3) is 0 Å². The van der Waals surface area contributed by atoms with Crippen LogP contribution in [0.5, 0.6) is 0 Å². The molecule has 0 aliphatic carbocycles. The zero-order valence-electron chi connectivity index (χ0n) is 8.60. The first-order chi connectivity index (χ1) is 7.45. The van der Waals surface area contributed by atoms with Crippen molar-refractivity contribution in [3.8, 4) is 6.07 Å². The number of sulfonamides is 1. The molecule has 1 unspecified atom stereocenters. The van der Waals surface area contributed by atoms with E-state index in [1.165, 1.54) is 6.92 Å². The third kappa shape index (κ3) is 3.87. The van der Waals surface area contributed by atoms with Crippen LogP contribution in [0.15, 0.2) is 15.9 Å². The molecule has 1 aromatic heterocycles. The summed E-state index contributed by atoms with van der Waals surface area (Å²) >= 11 is 4.90. The molecule has 1 N–H and O–H groups in total. The number of nitrogens with zero attached hydrogens (tertiary/aromatic N) is 1. The molecule has 1 aromatic rings. The Bertz CT molecular complexity index is 490. The molecular formula is C9H11BrN2O2S2. The number of thiophene rings is 1. The van der Waals surface area contributed by atoms with Gasteiger partial charge in [0.05, 0.1) is 9.86 Å². The van der Waals surface area contributed by atoms with Crippen LogP contribution in [-0.4, -0.2) is 20.2 Å². The summed E-state index contributed by atoms with van der Waals surface area (Å²) in [5.41, 5.74) is 0. The van der Waals surface area contributed by atoms with Gasteiger partial charge in [-0.25, -0.2) is 13.1 Å². The van der Waals surface area contributed by atoms with Crippen molar-refractivity contribution in [2.75, 3.05) is 6.54 Å². The van der Waals surface area contributed by atoms with Gasteiger partial charge in [0.2, 0.25) is 10.0 Å². The van der Waals surface area contributed by atoms with Crippen LogP contribution in [-0.2, 0) is 16.4 Å². The van der Waals surface area contributed by atoms with Gasteiger partial charge in [-0.1, -0.05) is 0 Å². The molecule has 0 saturated heterocycles. The lowest BCUT2D eigenvalue weighted by Crippen LogP contribution is -2.33. The van der Waals surface area contributed by atoms with Crippen molar-refractivity contribution in [1.82, 2.24) is 4.72 Å². The summed E-state index contributed by atoms with van der Waals surface area (Å²) in [6.07, 6.45) is 0.633. The average Bonchev–Trinajstić information content (AvgIpc) is 2.62. The topological polar surface area (TPSA) is 70.0 Å². The van der Waals surface area contributed by atoms with Crippen LogP contribution in [0.1, 0.15) is 11.8 Å². The highest BCUT2D eigenvalue weighted by Gasteiger charge is 2.18. The van der Waals surface area contributed by atoms with Crippen molar-refractivity contribution < 1.29 is 8.42 Å². The zero-order valence-corrected chi connectivity index (χ0v) is 11.8. The molecule has 0 spiro atoms. The third-order valence-corrected chi connectivity index (χ3v) is 5.28. The summed E-state index contributed by atoms with van der Waals surface area (Å²) in [5, 5.41) is 7.51. The summed E-state index contributed by atoms with van der Waals surface area (Å²) in [5.74, 6) is 0. The molecule has 0 aliphatic heterocycles. The molecule has 0 fully saturated rings. The molecule has 1 rings (SSSR count). The van der Waals surface area contributed by atoms with Crippen molar-refractivity contribution >= 4 is 37.3 Å². The Kier molecular flexibility index (Phi) is 4.92. The van der Waals surface area contributed by atoms with Crippen molar-refractivity contribution in [3.05, 3.63) is 20.8 Å². The van der Waals surface area contributed by atoms with Gasteiger partial charge in [-0.3, -0.25) is 0 Å². The highest BCUT2D eigenvalue weighted by molar-refractivity contribution is 9.11. The molecule has 4 nitrogen and oxygen atoms in total. The van der Waals surface area contributed by atoms with E-state index in [1.54, 1.807) is 17.4 Å². The smallest absolute Gasteiger partial charge is 0.214 e. The van der Waals surface area contributed by atoms with Gasteiger partial charge in [0, 0.05) is 11.4 Å².